The molecule has 0 aromatic heterocycles. The molecule has 0 aliphatic carbocycles. The SMILES string of the molecule is CCN(CC)CCCNc1ccc(C(=O)O)c(F)c1F. The first-order valence-electron chi connectivity index (χ1n) is 6.68. The molecule has 1 aromatic carbocycles. The molecule has 112 valence electrons. The van der Waals surface area contributed by atoms with E-state index in [0.29, 0.717) is 6.54 Å². The fourth-order valence-corrected chi connectivity index (χ4v) is 1.92. The third kappa shape index (κ3) is 4.16. The molecule has 2 N–H and O–H groups in total. The van der Waals surface area contributed by atoms with E-state index in [9.17, 15) is 13.6 Å². The Kier molecular flexibility index (Phi) is 6.38. The molecule has 0 amide bonds. The number of carbonyl (C=O) groups is 1. The number of carboxylic acids is 1. The van der Waals surface area contributed by atoms with Crippen LogP contribution >= 0.6 is 0 Å². The topological polar surface area (TPSA) is 52.6 Å². The van der Waals surface area contributed by atoms with Crippen LogP contribution in [0.3, 0.4) is 0 Å². The Morgan fingerprint density at radius 2 is 1.90 bits per heavy atom. The molecule has 4 nitrogen and oxygen atoms in total. The van der Waals surface area contributed by atoms with E-state index >= 15 is 0 Å². The highest BCUT2D eigenvalue weighted by Crippen LogP contribution is 2.20. The van der Waals surface area contributed by atoms with Gasteiger partial charge in [-0.3, -0.25) is 0 Å². The van der Waals surface area contributed by atoms with Crippen LogP contribution in [-0.4, -0.2) is 42.2 Å². The normalized spacial score (nSPS) is 10.8. The fourth-order valence-electron chi connectivity index (χ4n) is 1.92. The van der Waals surface area contributed by atoms with Crippen LogP contribution in [0.1, 0.15) is 30.6 Å². The van der Waals surface area contributed by atoms with Crippen LogP contribution in [0.2, 0.25) is 0 Å². The van der Waals surface area contributed by atoms with Crippen LogP contribution in [0.5, 0.6) is 0 Å². The van der Waals surface area contributed by atoms with Crippen molar-refractivity contribution in [3.63, 3.8) is 0 Å². The van der Waals surface area contributed by atoms with Gasteiger partial charge in [-0.1, -0.05) is 13.8 Å². The van der Waals surface area contributed by atoms with E-state index in [1.165, 1.54) is 6.07 Å². The number of aromatic carboxylic acids is 1. The number of nitrogens with zero attached hydrogens (tertiary/aromatic N) is 1. The Morgan fingerprint density at radius 3 is 2.45 bits per heavy atom. The molecule has 1 aromatic rings. The second kappa shape index (κ2) is 7.79. The monoisotopic (exact) mass is 286 g/mol. The second-order valence-corrected chi connectivity index (χ2v) is 4.40. The summed E-state index contributed by atoms with van der Waals surface area (Å²) in [5.74, 6) is -3.95. The molecule has 0 saturated carbocycles. The number of rotatable bonds is 8. The lowest BCUT2D eigenvalue weighted by molar-refractivity contribution is 0.0690. The Morgan fingerprint density at radius 1 is 1.25 bits per heavy atom. The number of benzene rings is 1. The first-order chi connectivity index (χ1) is 9.51. The van der Waals surface area contributed by atoms with Crippen LogP contribution < -0.4 is 5.32 Å². The summed E-state index contributed by atoms with van der Waals surface area (Å²) in [5.41, 5.74) is -0.664. The highest BCUT2D eigenvalue weighted by molar-refractivity contribution is 5.88. The first kappa shape index (κ1) is 16.4. The van der Waals surface area contributed by atoms with Crippen LogP contribution in [-0.2, 0) is 0 Å². The van der Waals surface area contributed by atoms with Crippen molar-refractivity contribution < 1.29 is 18.7 Å². The zero-order chi connectivity index (χ0) is 15.1. The maximum absolute atomic E-state index is 13.6. The van der Waals surface area contributed by atoms with Crippen molar-refractivity contribution in [2.45, 2.75) is 20.3 Å². The van der Waals surface area contributed by atoms with Gasteiger partial charge in [-0.15, -0.1) is 0 Å². The van der Waals surface area contributed by atoms with Gasteiger partial charge in [-0.25, -0.2) is 13.6 Å². The average molecular weight is 286 g/mol. The minimum Gasteiger partial charge on any atom is -0.478 e. The van der Waals surface area contributed by atoms with Gasteiger partial charge in [0, 0.05) is 6.54 Å². The standard InChI is InChI=1S/C14H20F2N2O2/c1-3-18(4-2)9-5-8-17-11-7-6-10(14(19)20)12(15)13(11)16/h6-7,17H,3-5,8-9H2,1-2H3,(H,19,20). The summed E-state index contributed by atoms with van der Waals surface area (Å²) in [6.07, 6.45) is 0.795. The highest BCUT2D eigenvalue weighted by atomic mass is 19.2. The van der Waals surface area contributed by atoms with E-state index < -0.39 is 23.2 Å². The maximum atomic E-state index is 13.6. The van der Waals surface area contributed by atoms with Gasteiger partial charge in [0.2, 0.25) is 0 Å². The molecule has 0 aliphatic heterocycles. The Hall–Kier alpha value is -1.69. The quantitative estimate of drug-likeness (QED) is 0.722. The molecule has 0 unspecified atom stereocenters. The van der Waals surface area contributed by atoms with E-state index in [1.54, 1.807) is 0 Å². The molecule has 0 aliphatic rings. The van der Waals surface area contributed by atoms with Crippen LogP contribution in [0.15, 0.2) is 12.1 Å². The smallest absolute Gasteiger partial charge is 0.338 e. The number of nitrogens with one attached hydrogen (secondary N) is 1. The molecule has 0 bridgehead atoms. The molecule has 1 rings (SSSR count). The van der Waals surface area contributed by atoms with Crippen molar-refractivity contribution in [2.24, 2.45) is 0 Å². The number of anilines is 1. The van der Waals surface area contributed by atoms with Gasteiger partial charge in [0.25, 0.3) is 0 Å². The predicted octanol–water partition coefficient (Wildman–Crippen LogP) is 2.81. The summed E-state index contributed by atoms with van der Waals surface area (Å²) < 4.78 is 27.1. The molecular formula is C14H20F2N2O2. The summed E-state index contributed by atoms with van der Waals surface area (Å²) in [6.45, 7) is 7.41. The molecule has 20 heavy (non-hydrogen) atoms. The third-order valence-corrected chi connectivity index (χ3v) is 3.17. The predicted molar refractivity (Wildman–Crippen MR) is 74.2 cm³/mol. The van der Waals surface area contributed by atoms with Gasteiger partial charge in [0.05, 0.1) is 11.3 Å². The lowest BCUT2D eigenvalue weighted by atomic mass is 10.2. The summed E-state index contributed by atoms with van der Waals surface area (Å²) in [5, 5.41) is 11.5. The Balaban J connectivity index is 2.57. The molecule has 0 heterocycles. The molecule has 6 heteroatoms. The van der Waals surface area contributed by atoms with Gasteiger partial charge >= 0.3 is 5.97 Å². The van der Waals surface area contributed by atoms with Gasteiger partial charge in [0.1, 0.15) is 0 Å². The average Bonchev–Trinajstić information content (AvgIpc) is 2.43. The number of hydrogen-bond acceptors (Lipinski definition) is 3. The van der Waals surface area contributed by atoms with E-state index in [0.717, 1.165) is 32.1 Å². The summed E-state index contributed by atoms with van der Waals surface area (Å²) in [7, 11) is 0. The van der Waals surface area contributed by atoms with Crippen LogP contribution in [0.25, 0.3) is 0 Å². The minimum atomic E-state index is -1.48. The highest BCUT2D eigenvalue weighted by Gasteiger charge is 2.17. The van der Waals surface area contributed by atoms with Gasteiger partial charge in [-0.05, 0) is 38.2 Å². The maximum Gasteiger partial charge on any atom is 0.338 e. The summed E-state index contributed by atoms with van der Waals surface area (Å²) in [6, 6.07) is 2.31. The zero-order valence-electron chi connectivity index (χ0n) is 11.7. The van der Waals surface area contributed by atoms with Crippen molar-refractivity contribution in [1.29, 1.82) is 0 Å². The van der Waals surface area contributed by atoms with Crippen molar-refractivity contribution >= 4 is 11.7 Å². The lowest BCUT2D eigenvalue weighted by Crippen LogP contribution is -2.25. The number of halogens is 2. The van der Waals surface area contributed by atoms with E-state index in [2.05, 4.69) is 24.1 Å². The summed E-state index contributed by atoms with van der Waals surface area (Å²) in [4.78, 5) is 12.9. The van der Waals surface area contributed by atoms with Crippen molar-refractivity contribution in [3.05, 3.63) is 29.3 Å². The van der Waals surface area contributed by atoms with Crippen molar-refractivity contribution in [1.82, 2.24) is 4.90 Å². The van der Waals surface area contributed by atoms with Gasteiger partial charge in [0.15, 0.2) is 11.6 Å². The number of carboxylic acid groups (broad SMARTS) is 1. The fraction of sp³-hybridized carbons (Fsp3) is 0.500. The van der Waals surface area contributed by atoms with Gasteiger partial charge < -0.3 is 15.3 Å². The second-order valence-electron chi connectivity index (χ2n) is 4.40. The molecule has 0 spiro atoms. The first-order valence-corrected chi connectivity index (χ1v) is 6.68. The molecule has 0 fully saturated rings. The van der Waals surface area contributed by atoms with E-state index in [-0.39, 0.29) is 5.69 Å². The van der Waals surface area contributed by atoms with E-state index in [4.69, 9.17) is 5.11 Å². The molecule has 0 atom stereocenters. The van der Waals surface area contributed by atoms with Crippen molar-refractivity contribution in [3.8, 4) is 0 Å². The van der Waals surface area contributed by atoms with Crippen LogP contribution in [0, 0.1) is 11.6 Å². The molecular weight excluding hydrogens is 266 g/mol. The van der Waals surface area contributed by atoms with Crippen LogP contribution in [0.4, 0.5) is 14.5 Å². The third-order valence-electron chi connectivity index (χ3n) is 3.17. The molecule has 0 radical (unpaired) electrons. The Labute approximate surface area is 117 Å². The minimum absolute atomic E-state index is 0.00736. The van der Waals surface area contributed by atoms with Crippen molar-refractivity contribution in [2.75, 3.05) is 31.5 Å². The van der Waals surface area contributed by atoms with E-state index in [1.807, 2.05) is 0 Å². The lowest BCUT2D eigenvalue weighted by Gasteiger charge is -2.18. The summed E-state index contributed by atoms with van der Waals surface area (Å²) >= 11 is 0. The van der Waals surface area contributed by atoms with Gasteiger partial charge in [-0.2, -0.15) is 0 Å². The Bertz CT molecular complexity index is 463. The number of hydrogen-bond donors (Lipinski definition) is 2. The molecule has 0 saturated heterocycles. The zero-order valence-corrected chi connectivity index (χ0v) is 11.7. The largest absolute Gasteiger partial charge is 0.478 e.